The van der Waals surface area contributed by atoms with Gasteiger partial charge in [0.2, 0.25) is 5.78 Å². The van der Waals surface area contributed by atoms with Gasteiger partial charge in [0.05, 0.1) is 24.5 Å². The molecule has 6 aromatic carbocycles. The van der Waals surface area contributed by atoms with Gasteiger partial charge in [-0.1, -0.05) is 146 Å². The van der Waals surface area contributed by atoms with E-state index in [-0.39, 0.29) is 37.1 Å². The minimum atomic E-state index is -0.922. The fourth-order valence-electron chi connectivity index (χ4n) is 9.16. The monoisotopic (exact) mass is 933 g/mol. The number of Topliss-reactive ketones (excluding diaryl/α,β-unsaturated/α-hetero) is 1. The van der Waals surface area contributed by atoms with Crippen LogP contribution in [0.3, 0.4) is 0 Å². The molecular weight excluding hydrogens is 879 g/mol. The zero-order valence-electron chi connectivity index (χ0n) is 40.0. The molecule has 9 rings (SSSR count). The Hall–Kier alpha value is -8.39. The van der Waals surface area contributed by atoms with Crippen LogP contribution >= 0.6 is 0 Å². The molecule has 0 spiro atoms. The molecule has 0 fully saturated rings. The number of hydrogen-bond acceptors (Lipinski definition) is 10. The van der Waals surface area contributed by atoms with Gasteiger partial charge >= 0.3 is 6.09 Å². The quantitative estimate of drug-likeness (QED) is 0.0773. The van der Waals surface area contributed by atoms with E-state index in [1.54, 1.807) is 46.0 Å². The average Bonchev–Trinajstić information content (AvgIpc) is 4.00. The van der Waals surface area contributed by atoms with Crippen molar-refractivity contribution in [2.75, 3.05) is 37.4 Å². The van der Waals surface area contributed by atoms with Gasteiger partial charge in [-0.3, -0.25) is 14.5 Å². The molecule has 0 aliphatic carbocycles. The second-order valence-electron chi connectivity index (χ2n) is 18.3. The molecule has 14 heteroatoms. The van der Waals surface area contributed by atoms with Gasteiger partial charge in [0, 0.05) is 31.6 Å². The molecule has 0 saturated carbocycles. The van der Waals surface area contributed by atoms with Crippen molar-refractivity contribution in [3.63, 3.8) is 0 Å². The molecule has 1 aliphatic rings. The molecular formula is C56H55N9O5. The molecule has 2 amide bonds. The van der Waals surface area contributed by atoms with E-state index in [4.69, 9.17) is 30.5 Å². The Balaban J connectivity index is 0.966. The maximum absolute atomic E-state index is 14.0. The zero-order valence-corrected chi connectivity index (χ0v) is 40.0. The summed E-state index contributed by atoms with van der Waals surface area (Å²) in [6, 6.07) is 52.3. The molecule has 1 aliphatic heterocycles. The molecule has 70 heavy (non-hydrogen) atoms. The number of benzene rings is 6. The minimum Gasteiger partial charge on any atom is -0.492 e. The lowest BCUT2D eigenvalue weighted by Crippen LogP contribution is -2.44. The number of anilines is 2. The van der Waals surface area contributed by atoms with Crippen LogP contribution in [0.5, 0.6) is 5.75 Å². The Bertz CT molecular complexity index is 3050. The molecule has 8 aromatic rings. The number of ether oxygens (including phenoxy) is 2. The Kier molecular flexibility index (Phi) is 13.1. The summed E-state index contributed by atoms with van der Waals surface area (Å²) in [7, 11) is 1.57. The number of imidazole rings is 1. The molecule has 0 atom stereocenters. The first-order valence-corrected chi connectivity index (χ1v) is 23.4. The van der Waals surface area contributed by atoms with Crippen molar-refractivity contribution < 1.29 is 23.9 Å². The molecule has 2 N–H and O–H groups in total. The highest BCUT2D eigenvalue weighted by Gasteiger charge is 2.42. The van der Waals surface area contributed by atoms with Crippen molar-refractivity contribution >= 4 is 29.2 Å². The number of carbonyl (C=O) groups excluding carboxylic acids is 3. The lowest BCUT2D eigenvalue weighted by molar-refractivity contribution is 0.0589. The number of nitrogens with two attached hydrogens (primary N) is 1. The number of aromatic nitrogens is 6. The normalized spacial score (nSPS) is 12.7. The average molecular weight is 934 g/mol. The third-order valence-corrected chi connectivity index (χ3v) is 12.4. The number of rotatable bonds is 15. The molecule has 0 bridgehead atoms. The van der Waals surface area contributed by atoms with Gasteiger partial charge in [0.1, 0.15) is 35.0 Å². The van der Waals surface area contributed by atoms with Crippen molar-refractivity contribution in [1.29, 1.82) is 0 Å². The van der Waals surface area contributed by atoms with E-state index < -0.39 is 17.2 Å². The predicted octanol–water partition coefficient (Wildman–Crippen LogP) is 9.72. The number of nitrogens with zero attached hydrogens (tertiary/aromatic N) is 8. The third kappa shape index (κ3) is 9.15. The fraction of sp³-hybridized carbons (Fsp3) is 0.232. The standard InChI is InChI=1S/C56H55N9O5/c1-6-18-49-58-50-51(48(66)37-63(53(50)67)33-34-69-43-31-32-46(57)47(35-43)62(5)54(68)70-55(2,3)4)64(49)36-38-27-29-39(30-28-38)44-25-16-17-26-45(44)52-59-60-61-65(52)56(40-19-10-7-11-20-40,41-21-12-8-13-22-41)42-23-14-9-15-24-42/h7-17,19-32,35H,6,18,33-34,36-37,57H2,1-5H3. The van der Waals surface area contributed by atoms with Gasteiger partial charge in [0.15, 0.2) is 11.5 Å². The second kappa shape index (κ2) is 19.7. The number of carbonyl (C=O) groups is 3. The van der Waals surface area contributed by atoms with Crippen molar-refractivity contribution in [2.24, 2.45) is 0 Å². The highest BCUT2D eigenvalue weighted by atomic mass is 16.6. The summed E-state index contributed by atoms with van der Waals surface area (Å²) in [4.78, 5) is 48.4. The van der Waals surface area contributed by atoms with Gasteiger partial charge in [-0.2, -0.15) is 0 Å². The first-order valence-electron chi connectivity index (χ1n) is 23.4. The number of nitrogen functional groups attached to an aromatic ring is 1. The number of aryl methyl sites for hydroxylation is 1. The lowest BCUT2D eigenvalue weighted by Gasteiger charge is -2.36. The molecule has 2 aromatic heterocycles. The van der Waals surface area contributed by atoms with Crippen molar-refractivity contribution in [3.8, 4) is 28.3 Å². The number of hydrogen-bond donors (Lipinski definition) is 1. The molecule has 354 valence electrons. The van der Waals surface area contributed by atoms with Crippen LogP contribution in [0.4, 0.5) is 16.2 Å². The molecule has 0 unspecified atom stereocenters. The van der Waals surface area contributed by atoms with Crippen LogP contribution in [-0.2, 0) is 23.2 Å². The van der Waals surface area contributed by atoms with E-state index in [0.29, 0.717) is 47.4 Å². The molecule has 3 heterocycles. The Morgan fingerprint density at radius 1 is 0.771 bits per heavy atom. The highest BCUT2D eigenvalue weighted by molar-refractivity contribution is 6.12. The summed E-state index contributed by atoms with van der Waals surface area (Å²) in [5.41, 5.74) is 12.5. The first kappa shape index (κ1) is 46.7. The minimum absolute atomic E-state index is 0.0920. The summed E-state index contributed by atoms with van der Waals surface area (Å²) < 4.78 is 15.4. The van der Waals surface area contributed by atoms with Crippen molar-refractivity contribution in [3.05, 3.63) is 197 Å². The Morgan fingerprint density at radius 3 is 1.97 bits per heavy atom. The van der Waals surface area contributed by atoms with E-state index in [9.17, 15) is 14.4 Å². The molecule has 14 nitrogen and oxygen atoms in total. The van der Waals surface area contributed by atoms with Gasteiger partial charge in [-0.05, 0) is 83.1 Å². The summed E-state index contributed by atoms with van der Waals surface area (Å²) in [5, 5.41) is 13.8. The van der Waals surface area contributed by atoms with E-state index >= 15 is 0 Å². The smallest absolute Gasteiger partial charge is 0.414 e. The van der Waals surface area contributed by atoms with Gasteiger partial charge in [-0.15, -0.1) is 5.10 Å². The summed E-state index contributed by atoms with van der Waals surface area (Å²) in [6.45, 7) is 7.88. The van der Waals surface area contributed by atoms with E-state index in [2.05, 4.69) is 59.8 Å². The molecule has 0 radical (unpaired) electrons. The zero-order chi connectivity index (χ0) is 49.0. The molecule has 0 saturated heterocycles. The SMILES string of the molecule is CCCc1nc2c(n1Cc1ccc(-c3ccccc3-c3nnnn3C(c3ccccc3)(c3ccccc3)c3ccccc3)cc1)C(=O)CN(CCOc1ccc(N)c(N(C)C(=O)OC(C)(C)C)c1)C2=O. The van der Waals surface area contributed by atoms with Crippen LogP contribution in [-0.4, -0.2) is 84.8 Å². The summed E-state index contributed by atoms with van der Waals surface area (Å²) in [5.74, 6) is 1.19. The topological polar surface area (TPSA) is 164 Å². The third-order valence-electron chi connectivity index (χ3n) is 12.4. The number of fused-ring (bicyclic) bond motifs is 1. The fourth-order valence-corrected chi connectivity index (χ4v) is 9.16. The van der Waals surface area contributed by atoms with Crippen LogP contribution in [0.15, 0.2) is 158 Å². The number of amides is 2. The van der Waals surface area contributed by atoms with Gasteiger partial charge < -0.3 is 24.7 Å². The van der Waals surface area contributed by atoms with E-state index in [0.717, 1.165) is 45.4 Å². The lowest BCUT2D eigenvalue weighted by atomic mass is 9.77. The van der Waals surface area contributed by atoms with Crippen LogP contribution in [0, 0.1) is 0 Å². The van der Waals surface area contributed by atoms with Gasteiger partial charge in [-0.25, -0.2) is 14.5 Å². The maximum Gasteiger partial charge on any atom is 0.414 e. The Morgan fingerprint density at radius 2 is 1.37 bits per heavy atom. The number of ketones is 1. The van der Waals surface area contributed by atoms with Crippen LogP contribution in [0.25, 0.3) is 22.5 Å². The summed E-state index contributed by atoms with van der Waals surface area (Å²) in [6.07, 6.45) is 0.803. The highest BCUT2D eigenvalue weighted by Crippen LogP contribution is 2.43. The van der Waals surface area contributed by atoms with Crippen LogP contribution in [0.2, 0.25) is 0 Å². The van der Waals surface area contributed by atoms with Crippen LogP contribution < -0.4 is 15.4 Å². The maximum atomic E-state index is 14.0. The predicted molar refractivity (Wildman–Crippen MR) is 270 cm³/mol. The van der Waals surface area contributed by atoms with Gasteiger partial charge in [0.25, 0.3) is 5.91 Å². The first-order chi connectivity index (χ1) is 33.9. The van der Waals surface area contributed by atoms with Crippen molar-refractivity contribution in [2.45, 2.75) is 58.2 Å². The van der Waals surface area contributed by atoms with E-state index in [1.165, 1.54) is 9.80 Å². The Labute approximate surface area is 407 Å². The van der Waals surface area contributed by atoms with Crippen molar-refractivity contribution in [1.82, 2.24) is 34.7 Å². The number of tetrazole rings is 1. The van der Waals surface area contributed by atoms with E-state index in [1.807, 2.05) is 101 Å². The van der Waals surface area contributed by atoms with Crippen LogP contribution in [0.1, 0.15) is 83.2 Å². The second-order valence-corrected chi connectivity index (χ2v) is 18.3. The largest absolute Gasteiger partial charge is 0.492 e. The summed E-state index contributed by atoms with van der Waals surface area (Å²) >= 11 is 0.